The Kier molecular flexibility index (Phi) is 3.01. The van der Waals surface area contributed by atoms with Gasteiger partial charge in [0.25, 0.3) is 0 Å². The molecule has 60 valence electrons. The lowest BCUT2D eigenvalue weighted by molar-refractivity contribution is 1.07. The summed E-state index contributed by atoms with van der Waals surface area (Å²) >= 11 is 1.83. The van der Waals surface area contributed by atoms with Gasteiger partial charge in [0.1, 0.15) is 0 Å². The van der Waals surface area contributed by atoms with Gasteiger partial charge in [-0.15, -0.1) is 11.8 Å². The van der Waals surface area contributed by atoms with E-state index in [2.05, 4.69) is 38.3 Å². The van der Waals surface area contributed by atoms with E-state index >= 15 is 0 Å². The number of thioether (sulfide) groups is 1. The summed E-state index contributed by atoms with van der Waals surface area (Å²) in [7, 11) is 0. The first-order chi connectivity index (χ1) is 5.27. The molecule has 0 nitrogen and oxygen atoms in total. The highest BCUT2D eigenvalue weighted by Crippen LogP contribution is 2.21. The van der Waals surface area contributed by atoms with Crippen LogP contribution in [-0.4, -0.2) is 6.26 Å². The Bertz CT molecular complexity index is 241. The van der Waals surface area contributed by atoms with E-state index < -0.39 is 0 Å². The molecule has 0 atom stereocenters. The minimum atomic E-state index is 1.14. The lowest BCUT2D eigenvalue weighted by atomic mass is 10.1. The van der Waals surface area contributed by atoms with Crippen molar-refractivity contribution in [1.82, 2.24) is 0 Å². The van der Waals surface area contributed by atoms with Gasteiger partial charge in [0.2, 0.25) is 0 Å². The topological polar surface area (TPSA) is 0 Å². The Morgan fingerprint density at radius 3 is 2.64 bits per heavy atom. The molecule has 1 rings (SSSR count). The van der Waals surface area contributed by atoms with Gasteiger partial charge in [-0.05, 0) is 31.2 Å². The summed E-state index contributed by atoms with van der Waals surface area (Å²) in [4.78, 5) is 1.41. The molecule has 0 saturated heterocycles. The maximum absolute atomic E-state index is 2.27. The van der Waals surface area contributed by atoms with Crippen molar-refractivity contribution >= 4 is 11.8 Å². The van der Waals surface area contributed by atoms with Crippen molar-refractivity contribution < 1.29 is 0 Å². The largest absolute Gasteiger partial charge is 0.129 e. The van der Waals surface area contributed by atoms with Crippen LogP contribution in [0.2, 0.25) is 0 Å². The number of aryl methyl sites for hydroxylation is 2. The molecular weight excluding hydrogens is 152 g/mol. The van der Waals surface area contributed by atoms with Gasteiger partial charge < -0.3 is 0 Å². The molecule has 0 unspecified atom stereocenters. The zero-order chi connectivity index (χ0) is 8.27. The second kappa shape index (κ2) is 3.82. The highest BCUT2D eigenvalue weighted by atomic mass is 32.2. The van der Waals surface area contributed by atoms with Crippen LogP contribution in [0.15, 0.2) is 23.1 Å². The third-order valence-corrected chi connectivity index (χ3v) is 2.65. The van der Waals surface area contributed by atoms with Crippen molar-refractivity contribution in [2.75, 3.05) is 6.26 Å². The SMILES string of the molecule is CCc1cc(C)ccc1SC. The molecule has 0 spiro atoms. The van der Waals surface area contributed by atoms with Crippen LogP contribution in [0.5, 0.6) is 0 Å². The molecule has 0 fully saturated rings. The van der Waals surface area contributed by atoms with Gasteiger partial charge in [0, 0.05) is 4.90 Å². The van der Waals surface area contributed by atoms with Crippen LogP contribution in [0.25, 0.3) is 0 Å². The molecule has 0 radical (unpaired) electrons. The van der Waals surface area contributed by atoms with Crippen molar-refractivity contribution in [3.8, 4) is 0 Å². The number of rotatable bonds is 2. The molecule has 0 N–H and O–H groups in total. The van der Waals surface area contributed by atoms with Crippen LogP contribution in [-0.2, 0) is 6.42 Å². The summed E-state index contributed by atoms with van der Waals surface area (Å²) in [5.74, 6) is 0. The number of hydrogen-bond acceptors (Lipinski definition) is 1. The predicted molar refractivity (Wildman–Crippen MR) is 52.3 cm³/mol. The maximum atomic E-state index is 2.27. The van der Waals surface area contributed by atoms with E-state index in [-0.39, 0.29) is 0 Å². The zero-order valence-electron chi connectivity index (χ0n) is 7.35. The fourth-order valence-electron chi connectivity index (χ4n) is 1.18. The molecule has 0 amide bonds. The standard InChI is InChI=1S/C10H14S/c1-4-9-7-8(2)5-6-10(9)11-3/h5-7H,4H2,1-3H3. The van der Waals surface area contributed by atoms with Crippen LogP contribution >= 0.6 is 11.8 Å². The van der Waals surface area contributed by atoms with Gasteiger partial charge in [-0.25, -0.2) is 0 Å². The van der Waals surface area contributed by atoms with Gasteiger partial charge in [-0.3, -0.25) is 0 Å². The lowest BCUT2D eigenvalue weighted by Gasteiger charge is -2.04. The van der Waals surface area contributed by atoms with E-state index in [1.807, 2.05) is 11.8 Å². The van der Waals surface area contributed by atoms with Crippen LogP contribution in [0.1, 0.15) is 18.1 Å². The van der Waals surface area contributed by atoms with E-state index in [0.717, 1.165) is 6.42 Å². The summed E-state index contributed by atoms with van der Waals surface area (Å²) in [6, 6.07) is 6.65. The Morgan fingerprint density at radius 2 is 2.09 bits per heavy atom. The van der Waals surface area contributed by atoms with E-state index in [4.69, 9.17) is 0 Å². The molecular formula is C10H14S. The van der Waals surface area contributed by atoms with E-state index in [1.54, 1.807) is 0 Å². The summed E-state index contributed by atoms with van der Waals surface area (Å²) in [5.41, 5.74) is 2.83. The minimum absolute atomic E-state index is 1.14. The quantitative estimate of drug-likeness (QED) is 0.608. The highest BCUT2D eigenvalue weighted by Gasteiger charge is 1.97. The molecule has 0 bridgehead atoms. The third kappa shape index (κ3) is 2.00. The average Bonchev–Trinajstić information content (AvgIpc) is 2.04. The smallest absolute Gasteiger partial charge is 0.0101 e. The molecule has 11 heavy (non-hydrogen) atoms. The molecule has 0 saturated carbocycles. The third-order valence-electron chi connectivity index (χ3n) is 1.82. The van der Waals surface area contributed by atoms with Crippen LogP contribution in [0.3, 0.4) is 0 Å². The van der Waals surface area contributed by atoms with Crippen molar-refractivity contribution in [3.63, 3.8) is 0 Å². The van der Waals surface area contributed by atoms with Crippen molar-refractivity contribution in [2.24, 2.45) is 0 Å². The summed E-state index contributed by atoms with van der Waals surface area (Å²) in [5, 5.41) is 0. The van der Waals surface area contributed by atoms with E-state index in [9.17, 15) is 0 Å². The first-order valence-corrected chi connectivity index (χ1v) is 5.14. The zero-order valence-corrected chi connectivity index (χ0v) is 8.16. The monoisotopic (exact) mass is 166 g/mol. The predicted octanol–water partition coefficient (Wildman–Crippen LogP) is 3.28. The van der Waals surface area contributed by atoms with Gasteiger partial charge in [-0.1, -0.05) is 24.6 Å². The van der Waals surface area contributed by atoms with Crippen molar-refractivity contribution in [1.29, 1.82) is 0 Å². The minimum Gasteiger partial charge on any atom is -0.129 e. The van der Waals surface area contributed by atoms with Crippen molar-refractivity contribution in [3.05, 3.63) is 29.3 Å². The normalized spacial score (nSPS) is 10.1. The maximum Gasteiger partial charge on any atom is 0.0101 e. The average molecular weight is 166 g/mol. The fourth-order valence-corrected chi connectivity index (χ4v) is 1.85. The van der Waals surface area contributed by atoms with Gasteiger partial charge in [0.15, 0.2) is 0 Å². The molecule has 0 aromatic heterocycles. The second-order valence-electron chi connectivity index (χ2n) is 2.67. The Labute approximate surface area is 73.0 Å². The Balaban J connectivity index is 3.06. The van der Waals surface area contributed by atoms with E-state index in [0.29, 0.717) is 0 Å². The molecule has 0 aliphatic rings. The fraction of sp³-hybridized carbons (Fsp3) is 0.400. The van der Waals surface area contributed by atoms with Gasteiger partial charge in [-0.2, -0.15) is 0 Å². The van der Waals surface area contributed by atoms with Crippen LogP contribution in [0, 0.1) is 6.92 Å². The van der Waals surface area contributed by atoms with Gasteiger partial charge in [0.05, 0.1) is 0 Å². The number of hydrogen-bond donors (Lipinski definition) is 0. The summed E-state index contributed by atoms with van der Waals surface area (Å²) < 4.78 is 0. The first kappa shape index (κ1) is 8.66. The summed E-state index contributed by atoms with van der Waals surface area (Å²) in [6.07, 6.45) is 3.27. The molecule has 0 heterocycles. The Morgan fingerprint density at radius 1 is 1.36 bits per heavy atom. The molecule has 1 heteroatoms. The second-order valence-corrected chi connectivity index (χ2v) is 3.52. The molecule has 0 aliphatic heterocycles. The lowest BCUT2D eigenvalue weighted by Crippen LogP contribution is -1.85. The molecule has 1 aromatic rings. The highest BCUT2D eigenvalue weighted by molar-refractivity contribution is 7.98. The Hall–Kier alpha value is -0.430. The van der Waals surface area contributed by atoms with Crippen LogP contribution < -0.4 is 0 Å². The van der Waals surface area contributed by atoms with Crippen LogP contribution in [0.4, 0.5) is 0 Å². The first-order valence-electron chi connectivity index (χ1n) is 3.91. The molecule has 1 aromatic carbocycles. The number of benzene rings is 1. The molecule has 0 aliphatic carbocycles. The van der Waals surface area contributed by atoms with E-state index in [1.165, 1.54) is 16.0 Å². The van der Waals surface area contributed by atoms with Crippen molar-refractivity contribution in [2.45, 2.75) is 25.2 Å². The van der Waals surface area contributed by atoms with Gasteiger partial charge >= 0.3 is 0 Å². The summed E-state index contributed by atoms with van der Waals surface area (Å²) in [6.45, 7) is 4.34.